The maximum Gasteiger partial charge on any atom is 0.412 e. The fourth-order valence-electron chi connectivity index (χ4n) is 2.52. The number of aryl methyl sites for hydroxylation is 1. The molecule has 0 aliphatic carbocycles. The van der Waals surface area contributed by atoms with Crippen LogP contribution in [-0.4, -0.2) is 12.1 Å². The predicted octanol–water partition coefficient (Wildman–Crippen LogP) is 4.93. The first kappa shape index (κ1) is 15.6. The Balaban J connectivity index is 1.59. The zero-order valence-electron chi connectivity index (χ0n) is 13.2. The van der Waals surface area contributed by atoms with Gasteiger partial charge in [0.2, 0.25) is 0 Å². The van der Waals surface area contributed by atoms with Crippen molar-refractivity contribution >= 4 is 27.5 Å². The normalized spacial score (nSPS) is 12.1. The molecule has 1 unspecified atom stereocenters. The third kappa shape index (κ3) is 3.90. The van der Waals surface area contributed by atoms with Crippen LogP contribution in [0.1, 0.15) is 18.1 Å². The molecule has 23 heavy (non-hydrogen) atoms. The minimum atomic E-state index is -0.416. The topological polar surface area (TPSA) is 38.3 Å². The highest BCUT2D eigenvalue weighted by Gasteiger charge is 2.12. The molecule has 0 saturated heterocycles. The van der Waals surface area contributed by atoms with Crippen LogP contribution in [0.4, 0.5) is 4.79 Å². The summed E-state index contributed by atoms with van der Waals surface area (Å²) in [6.07, 6.45) is 0.369. The summed E-state index contributed by atoms with van der Waals surface area (Å²) in [7, 11) is 0. The molecule has 3 nitrogen and oxygen atoms in total. The van der Waals surface area contributed by atoms with Crippen LogP contribution in [0.15, 0.2) is 53.9 Å². The zero-order chi connectivity index (χ0) is 16.2. The highest BCUT2D eigenvalue weighted by Crippen LogP contribution is 2.26. The Morgan fingerprint density at radius 3 is 2.70 bits per heavy atom. The van der Waals surface area contributed by atoms with Gasteiger partial charge in [-0.1, -0.05) is 35.9 Å². The van der Waals surface area contributed by atoms with Gasteiger partial charge in [-0.05, 0) is 54.8 Å². The van der Waals surface area contributed by atoms with Crippen molar-refractivity contribution in [2.75, 3.05) is 0 Å². The lowest BCUT2D eigenvalue weighted by molar-refractivity contribution is 0.197. The molecule has 0 fully saturated rings. The van der Waals surface area contributed by atoms with Gasteiger partial charge in [-0.15, -0.1) is 11.3 Å². The minimum absolute atomic E-state index is 0.00551. The van der Waals surface area contributed by atoms with Crippen molar-refractivity contribution in [1.29, 1.82) is 0 Å². The number of amides is 1. The lowest BCUT2D eigenvalue weighted by atomic mass is 10.1. The Morgan fingerprint density at radius 2 is 1.91 bits per heavy atom. The molecule has 3 rings (SSSR count). The van der Waals surface area contributed by atoms with Gasteiger partial charge in [-0.2, -0.15) is 0 Å². The van der Waals surface area contributed by atoms with Crippen LogP contribution < -0.4 is 10.1 Å². The van der Waals surface area contributed by atoms with E-state index in [1.165, 1.54) is 15.6 Å². The average molecular weight is 325 g/mol. The monoisotopic (exact) mass is 325 g/mol. The maximum atomic E-state index is 12.0. The number of fused-ring (bicyclic) bond motifs is 1. The molecule has 118 valence electrons. The van der Waals surface area contributed by atoms with Crippen molar-refractivity contribution in [3.63, 3.8) is 0 Å². The second kappa shape index (κ2) is 6.84. The minimum Gasteiger partial charge on any atom is -0.410 e. The molecule has 0 saturated carbocycles. The number of benzene rings is 2. The van der Waals surface area contributed by atoms with Gasteiger partial charge in [0, 0.05) is 10.7 Å². The van der Waals surface area contributed by atoms with Crippen LogP contribution in [0.25, 0.3) is 10.1 Å². The molecule has 3 aromatic rings. The number of carbonyl (C=O) groups is 1. The van der Waals surface area contributed by atoms with Gasteiger partial charge in [0.25, 0.3) is 0 Å². The van der Waals surface area contributed by atoms with Crippen LogP contribution >= 0.6 is 11.3 Å². The standard InChI is InChI=1S/C19H19NO2S/c1-13-7-9-16(10-8-13)22-19(21)20-14(2)11-15-12-23-18-6-4-3-5-17(15)18/h3-10,12,14H,11H2,1-2H3,(H,20,21). The molecule has 1 heterocycles. The van der Waals surface area contributed by atoms with Crippen molar-refractivity contribution < 1.29 is 9.53 Å². The van der Waals surface area contributed by atoms with E-state index in [4.69, 9.17) is 4.74 Å². The first-order valence-electron chi connectivity index (χ1n) is 7.62. The first-order valence-corrected chi connectivity index (χ1v) is 8.50. The van der Waals surface area contributed by atoms with Crippen molar-refractivity contribution in [3.05, 3.63) is 65.0 Å². The number of hydrogen-bond donors (Lipinski definition) is 1. The molecule has 0 aliphatic heterocycles. The summed E-state index contributed by atoms with van der Waals surface area (Å²) in [6, 6.07) is 15.8. The van der Waals surface area contributed by atoms with E-state index < -0.39 is 6.09 Å². The fraction of sp³-hybridized carbons (Fsp3) is 0.211. The van der Waals surface area contributed by atoms with Crippen LogP contribution in [0.2, 0.25) is 0 Å². The van der Waals surface area contributed by atoms with Gasteiger partial charge >= 0.3 is 6.09 Å². The average Bonchev–Trinajstić information content (AvgIpc) is 2.93. The highest BCUT2D eigenvalue weighted by atomic mass is 32.1. The predicted molar refractivity (Wildman–Crippen MR) is 95.3 cm³/mol. The molecule has 1 N–H and O–H groups in total. The van der Waals surface area contributed by atoms with E-state index in [1.807, 2.05) is 38.1 Å². The largest absolute Gasteiger partial charge is 0.412 e. The number of ether oxygens (including phenoxy) is 1. The van der Waals surface area contributed by atoms with Gasteiger partial charge < -0.3 is 10.1 Å². The van der Waals surface area contributed by atoms with Gasteiger partial charge in [-0.25, -0.2) is 4.79 Å². The lowest BCUT2D eigenvalue weighted by Gasteiger charge is -2.13. The second-order valence-corrected chi connectivity index (χ2v) is 6.62. The second-order valence-electron chi connectivity index (χ2n) is 5.71. The summed E-state index contributed by atoms with van der Waals surface area (Å²) in [6.45, 7) is 3.99. The van der Waals surface area contributed by atoms with Gasteiger partial charge in [0.1, 0.15) is 5.75 Å². The molecular weight excluding hydrogens is 306 g/mol. The van der Waals surface area contributed by atoms with Crippen molar-refractivity contribution in [3.8, 4) is 5.75 Å². The Labute approximate surface area is 139 Å². The van der Waals surface area contributed by atoms with Crippen molar-refractivity contribution in [1.82, 2.24) is 5.32 Å². The number of rotatable bonds is 4. The summed E-state index contributed by atoms with van der Waals surface area (Å²) < 4.78 is 6.57. The van der Waals surface area contributed by atoms with E-state index in [0.29, 0.717) is 5.75 Å². The van der Waals surface area contributed by atoms with Crippen LogP contribution in [-0.2, 0) is 6.42 Å². The number of thiophene rings is 1. The van der Waals surface area contributed by atoms with Crippen LogP contribution in [0, 0.1) is 6.92 Å². The molecule has 4 heteroatoms. The Kier molecular flexibility index (Phi) is 4.63. The van der Waals surface area contributed by atoms with Crippen LogP contribution in [0.3, 0.4) is 0 Å². The summed E-state index contributed by atoms with van der Waals surface area (Å²) in [5.41, 5.74) is 2.39. The van der Waals surface area contributed by atoms with E-state index in [1.54, 1.807) is 23.5 Å². The van der Waals surface area contributed by atoms with Crippen LogP contribution in [0.5, 0.6) is 5.75 Å². The van der Waals surface area contributed by atoms with E-state index in [2.05, 4.69) is 22.8 Å². The van der Waals surface area contributed by atoms with Crippen molar-refractivity contribution in [2.45, 2.75) is 26.3 Å². The van der Waals surface area contributed by atoms with Gasteiger partial charge in [-0.3, -0.25) is 0 Å². The van der Waals surface area contributed by atoms with Gasteiger partial charge in [0.15, 0.2) is 0 Å². The van der Waals surface area contributed by atoms with E-state index in [0.717, 1.165) is 12.0 Å². The summed E-state index contributed by atoms with van der Waals surface area (Å²) in [5, 5.41) is 6.31. The third-order valence-corrected chi connectivity index (χ3v) is 4.70. The quantitative estimate of drug-likeness (QED) is 0.738. The summed E-state index contributed by atoms with van der Waals surface area (Å²) in [4.78, 5) is 12.0. The van der Waals surface area contributed by atoms with Gasteiger partial charge in [0.05, 0.1) is 0 Å². The SMILES string of the molecule is Cc1ccc(OC(=O)NC(C)Cc2csc3ccccc23)cc1. The number of nitrogens with one attached hydrogen (secondary N) is 1. The number of hydrogen-bond acceptors (Lipinski definition) is 3. The van der Waals surface area contributed by atoms with E-state index in [9.17, 15) is 4.79 Å². The Bertz CT molecular complexity index is 808. The summed E-state index contributed by atoms with van der Waals surface area (Å²) >= 11 is 1.73. The first-order chi connectivity index (χ1) is 11.1. The molecule has 0 spiro atoms. The highest BCUT2D eigenvalue weighted by molar-refractivity contribution is 7.17. The molecule has 1 atom stereocenters. The molecule has 0 bridgehead atoms. The molecule has 1 aromatic heterocycles. The molecule has 0 aliphatic rings. The zero-order valence-corrected chi connectivity index (χ0v) is 14.0. The fourth-order valence-corrected chi connectivity index (χ4v) is 3.49. The number of carbonyl (C=O) groups excluding carboxylic acids is 1. The maximum absolute atomic E-state index is 12.0. The Hall–Kier alpha value is -2.33. The molecule has 0 radical (unpaired) electrons. The van der Waals surface area contributed by atoms with E-state index >= 15 is 0 Å². The smallest absolute Gasteiger partial charge is 0.410 e. The van der Waals surface area contributed by atoms with Crippen molar-refractivity contribution in [2.24, 2.45) is 0 Å². The summed E-state index contributed by atoms with van der Waals surface area (Å²) in [5.74, 6) is 0.557. The molecule has 2 aromatic carbocycles. The van der Waals surface area contributed by atoms with E-state index in [-0.39, 0.29) is 6.04 Å². The molecule has 1 amide bonds. The Morgan fingerprint density at radius 1 is 1.17 bits per heavy atom. The third-order valence-electron chi connectivity index (χ3n) is 3.68. The lowest BCUT2D eigenvalue weighted by Crippen LogP contribution is -2.36. The molecular formula is C19H19NO2S.